The molecule has 0 saturated heterocycles. The van der Waals surface area contributed by atoms with Gasteiger partial charge in [-0.25, -0.2) is 0 Å². The smallest absolute Gasteiger partial charge is 0.0920 e. The summed E-state index contributed by atoms with van der Waals surface area (Å²) in [6, 6.07) is 49.0. The van der Waals surface area contributed by atoms with E-state index in [4.69, 9.17) is 17.0 Å². The van der Waals surface area contributed by atoms with Crippen molar-refractivity contribution in [2.75, 3.05) is 0 Å². The quantitative estimate of drug-likeness (QED) is 0.0885. The maximum atomic E-state index is 13.3. The minimum absolute atomic E-state index is 0.245. The standard InChI is InChI=1S/2C19H16F3.C12H7Si.2ClH.Zr/c2*1-2-6-13-11-14-7-5-9-15(17(14)12-13)16-8-3-4-10-18(16)19(20,21)22;1-3-7-11-9(5-1)10-6-2-4-8-12(10)13-11;;;/h2*3-5,7-12H,2,6H2,1H3;1-7H;2*1H;/q3*-1;;;+2/p-2. The Labute approximate surface area is 368 Å². The summed E-state index contributed by atoms with van der Waals surface area (Å²) in [6.45, 7) is 4.19. The van der Waals surface area contributed by atoms with Crippen molar-refractivity contribution in [3.05, 3.63) is 180 Å². The van der Waals surface area contributed by atoms with Gasteiger partial charge in [0.2, 0.25) is 0 Å². The van der Waals surface area contributed by atoms with Gasteiger partial charge in [-0.3, -0.25) is 0 Å². The Morgan fingerprint density at radius 2 is 0.950 bits per heavy atom. The van der Waals surface area contributed by atoms with Crippen molar-refractivity contribution in [3.8, 4) is 33.4 Å². The molecule has 0 aromatic heterocycles. The molecule has 0 nitrogen and oxygen atoms in total. The Kier molecular flexibility index (Phi) is 15.5. The Morgan fingerprint density at radius 1 is 0.533 bits per heavy atom. The molecule has 0 saturated carbocycles. The number of rotatable bonds is 6. The van der Waals surface area contributed by atoms with Gasteiger partial charge in [0.1, 0.15) is 0 Å². The molecule has 1 heterocycles. The summed E-state index contributed by atoms with van der Waals surface area (Å²) in [5.74, 6) is 0. The third kappa shape index (κ3) is 10.8. The van der Waals surface area contributed by atoms with E-state index in [1.54, 1.807) is 36.4 Å². The van der Waals surface area contributed by atoms with Crippen molar-refractivity contribution in [2.45, 2.75) is 51.9 Å². The van der Waals surface area contributed by atoms with Gasteiger partial charge >= 0.3 is 50.2 Å². The van der Waals surface area contributed by atoms with E-state index in [9.17, 15) is 26.3 Å². The molecule has 10 heteroatoms. The van der Waals surface area contributed by atoms with Crippen LogP contribution in [-0.4, -0.2) is 9.52 Å². The van der Waals surface area contributed by atoms with E-state index >= 15 is 0 Å². The second-order valence-electron chi connectivity index (χ2n) is 14.1. The first-order valence-corrected chi connectivity index (χ1v) is 26.7. The van der Waals surface area contributed by atoms with Crippen LogP contribution in [0, 0.1) is 6.07 Å². The molecule has 8 aromatic rings. The summed E-state index contributed by atoms with van der Waals surface area (Å²) in [5, 5.41) is 6.60. The van der Waals surface area contributed by atoms with E-state index in [2.05, 4.69) is 68.4 Å². The molecule has 0 unspecified atom stereocenters. The Bertz CT molecular complexity index is 2480. The second kappa shape index (κ2) is 20.6. The monoisotopic (exact) mass is 941 g/mol. The van der Waals surface area contributed by atoms with Gasteiger partial charge in [0, 0.05) is 0 Å². The Balaban J connectivity index is 0.000000150. The van der Waals surface area contributed by atoms with Crippen LogP contribution in [0.5, 0.6) is 0 Å². The number of fused-ring (bicyclic) bond motifs is 5. The van der Waals surface area contributed by atoms with Crippen LogP contribution in [-0.2, 0) is 46.0 Å². The SMILES string of the molecule is CCCc1cc2c(-c3ccccc3C(F)(F)F)cccc2[cH-]1.CCCc1cc2c(-c3ccccc3C(F)(F)F)cccc2[cH-]1.[Cl][Zr][Cl].[c-]1cccc2c1[Si]c1ccccc1-2. The minimum Gasteiger partial charge on any atom is -0.184 e. The van der Waals surface area contributed by atoms with Crippen LogP contribution in [0.15, 0.2) is 152 Å². The van der Waals surface area contributed by atoms with Gasteiger partial charge in [0.05, 0.1) is 20.6 Å². The predicted molar refractivity (Wildman–Crippen MR) is 235 cm³/mol. The first-order valence-electron chi connectivity index (χ1n) is 19.4. The van der Waals surface area contributed by atoms with Crippen LogP contribution in [0.25, 0.3) is 54.9 Å². The van der Waals surface area contributed by atoms with Crippen molar-refractivity contribution in [3.63, 3.8) is 0 Å². The van der Waals surface area contributed by atoms with Crippen LogP contribution in [0.3, 0.4) is 0 Å². The van der Waals surface area contributed by atoms with E-state index in [0.29, 0.717) is 11.1 Å². The van der Waals surface area contributed by atoms with Gasteiger partial charge in [0.15, 0.2) is 0 Å². The summed E-state index contributed by atoms with van der Waals surface area (Å²) in [5.41, 5.74) is 5.73. The summed E-state index contributed by atoms with van der Waals surface area (Å²) in [4.78, 5) is 0. The van der Waals surface area contributed by atoms with Crippen molar-refractivity contribution in [2.24, 2.45) is 0 Å². The number of benzene rings is 6. The van der Waals surface area contributed by atoms with E-state index in [1.807, 2.05) is 42.5 Å². The first kappa shape index (κ1) is 45.3. The number of hydrogen-bond donors (Lipinski definition) is 0. The second-order valence-corrected chi connectivity index (χ2v) is 19.2. The fourth-order valence-corrected chi connectivity index (χ4v) is 8.90. The largest absolute Gasteiger partial charge is 0.184 e. The van der Waals surface area contributed by atoms with E-state index in [1.165, 1.54) is 44.8 Å². The third-order valence-electron chi connectivity index (χ3n) is 10.1. The van der Waals surface area contributed by atoms with Gasteiger partial charge in [-0.2, -0.15) is 67.9 Å². The number of alkyl halides is 6. The number of halogens is 8. The van der Waals surface area contributed by atoms with Crippen LogP contribution in [0.2, 0.25) is 0 Å². The molecule has 0 N–H and O–H groups in total. The van der Waals surface area contributed by atoms with Crippen LogP contribution in [0.4, 0.5) is 26.3 Å². The van der Waals surface area contributed by atoms with Gasteiger partial charge in [-0.15, -0.1) is 74.6 Å². The molecule has 0 spiro atoms. The number of aryl methyl sites for hydroxylation is 2. The van der Waals surface area contributed by atoms with Gasteiger partial charge in [0.25, 0.3) is 0 Å². The van der Waals surface area contributed by atoms with Crippen molar-refractivity contribution in [1.82, 2.24) is 0 Å². The average Bonchev–Trinajstić information content (AvgIpc) is 3.96. The molecule has 8 aromatic carbocycles. The maximum absolute atomic E-state index is 13.3. The van der Waals surface area contributed by atoms with E-state index in [-0.39, 0.29) is 11.1 Å². The zero-order chi connectivity index (χ0) is 42.9. The van der Waals surface area contributed by atoms with Crippen molar-refractivity contribution in [1.29, 1.82) is 0 Å². The van der Waals surface area contributed by atoms with Crippen LogP contribution >= 0.6 is 17.0 Å². The summed E-state index contributed by atoms with van der Waals surface area (Å²) < 4.78 is 79.6. The fourth-order valence-electron chi connectivity index (χ4n) is 7.59. The third-order valence-corrected chi connectivity index (χ3v) is 11.4. The van der Waals surface area contributed by atoms with E-state index in [0.717, 1.165) is 68.9 Å². The first-order chi connectivity index (χ1) is 28.9. The Morgan fingerprint density at radius 3 is 1.42 bits per heavy atom. The molecule has 0 atom stereocenters. The Hall–Kier alpha value is -4.20. The van der Waals surface area contributed by atoms with Gasteiger partial charge in [-0.05, 0) is 36.1 Å². The molecular formula is C50H39Cl2F6SiZr-3. The van der Waals surface area contributed by atoms with Crippen molar-refractivity contribution < 1.29 is 47.2 Å². The summed E-state index contributed by atoms with van der Waals surface area (Å²) in [7, 11) is 10.7. The predicted octanol–water partition coefficient (Wildman–Crippen LogP) is 14.9. The molecule has 306 valence electrons. The molecule has 0 aliphatic carbocycles. The van der Waals surface area contributed by atoms with Crippen LogP contribution in [0.1, 0.15) is 48.9 Å². The van der Waals surface area contributed by atoms with Crippen LogP contribution < -0.4 is 10.4 Å². The van der Waals surface area contributed by atoms with Gasteiger partial charge in [-0.1, -0.05) is 121 Å². The van der Waals surface area contributed by atoms with Crippen molar-refractivity contribution >= 4 is 58.5 Å². The molecule has 0 bridgehead atoms. The van der Waals surface area contributed by atoms with Gasteiger partial charge < -0.3 is 0 Å². The molecule has 9 rings (SSSR count). The zero-order valence-corrected chi connectivity index (χ0v) is 37.8. The molecule has 60 heavy (non-hydrogen) atoms. The normalized spacial score (nSPS) is 11.7. The summed E-state index contributed by atoms with van der Waals surface area (Å²) in [6.07, 6.45) is -4.78. The molecule has 1 aliphatic rings. The molecule has 0 amide bonds. The fraction of sp³-hybridized carbons (Fsp3) is 0.160. The zero-order valence-electron chi connectivity index (χ0n) is 32.8. The van der Waals surface area contributed by atoms with E-state index < -0.39 is 44.3 Å². The topological polar surface area (TPSA) is 0 Å². The molecule has 2 radical (unpaired) electrons. The number of hydrogen-bond acceptors (Lipinski definition) is 0. The molecule has 0 fully saturated rings. The molecule has 1 aliphatic heterocycles. The minimum atomic E-state index is -4.35. The maximum Gasteiger partial charge on any atom is 0.0920 e. The average molecular weight is 944 g/mol. The molecular weight excluding hydrogens is 905 g/mol. The summed E-state index contributed by atoms with van der Waals surface area (Å²) >= 11 is -0.826.